The van der Waals surface area contributed by atoms with Crippen LogP contribution in [0.25, 0.3) is 0 Å². The van der Waals surface area contributed by atoms with E-state index in [9.17, 15) is 4.79 Å². The van der Waals surface area contributed by atoms with Crippen LogP contribution in [0.3, 0.4) is 0 Å². The third-order valence-electron chi connectivity index (χ3n) is 4.58. The van der Waals surface area contributed by atoms with E-state index < -0.39 is 5.97 Å². The van der Waals surface area contributed by atoms with Crippen LogP contribution >= 0.6 is 0 Å². The zero-order valence-corrected chi connectivity index (χ0v) is 12.0. The minimum absolute atomic E-state index is 0.321. The second-order valence-corrected chi connectivity index (χ2v) is 6.02. The summed E-state index contributed by atoms with van der Waals surface area (Å²) in [5, 5.41) is 8.63. The van der Waals surface area contributed by atoms with Crippen molar-refractivity contribution in [2.45, 2.75) is 57.4 Å². The van der Waals surface area contributed by atoms with Crippen molar-refractivity contribution in [3.05, 3.63) is 0 Å². The number of hydrogen-bond donors (Lipinski definition) is 1. The van der Waals surface area contributed by atoms with E-state index in [0.717, 1.165) is 25.4 Å². The van der Waals surface area contributed by atoms with Crippen LogP contribution in [0.4, 0.5) is 0 Å². The lowest BCUT2D eigenvalue weighted by molar-refractivity contribution is -0.137. The first-order valence-corrected chi connectivity index (χ1v) is 7.94. The van der Waals surface area contributed by atoms with Crippen LogP contribution in [-0.4, -0.2) is 59.6 Å². The predicted molar refractivity (Wildman–Crippen MR) is 76.4 cm³/mol. The summed E-state index contributed by atoms with van der Waals surface area (Å²) in [4.78, 5) is 15.7. The lowest BCUT2D eigenvalue weighted by atomic mass is 10.2. The van der Waals surface area contributed by atoms with Gasteiger partial charge in [0.1, 0.15) is 0 Å². The molecule has 1 saturated carbocycles. The van der Waals surface area contributed by atoms with E-state index >= 15 is 0 Å². The molecule has 0 spiro atoms. The summed E-state index contributed by atoms with van der Waals surface area (Å²) in [6, 6.07) is 0.854. The third-order valence-corrected chi connectivity index (χ3v) is 4.58. The first-order chi connectivity index (χ1) is 9.25. The molecule has 2 fully saturated rings. The quantitative estimate of drug-likeness (QED) is 0.750. The van der Waals surface area contributed by atoms with E-state index in [1.807, 2.05) is 0 Å². The number of rotatable bonds is 6. The summed E-state index contributed by atoms with van der Waals surface area (Å²) < 4.78 is 0. The van der Waals surface area contributed by atoms with Crippen molar-refractivity contribution >= 4 is 5.97 Å². The highest BCUT2D eigenvalue weighted by molar-refractivity contribution is 5.66. The Morgan fingerprint density at radius 3 is 2.53 bits per heavy atom. The van der Waals surface area contributed by atoms with E-state index in [-0.39, 0.29) is 0 Å². The Morgan fingerprint density at radius 2 is 1.79 bits per heavy atom. The van der Waals surface area contributed by atoms with Gasteiger partial charge in [-0.2, -0.15) is 0 Å². The van der Waals surface area contributed by atoms with Crippen LogP contribution in [0.5, 0.6) is 0 Å². The molecule has 1 heterocycles. The fourth-order valence-electron chi connectivity index (χ4n) is 3.46. The Morgan fingerprint density at radius 1 is 1.00 bits per heavy atom. The standard InChI is InChI=1S/C15H28N2O2/c18-15(19)8-3-4-9-16-10-5-11-17(13-12-16)14-6-1-2-7-14/h14H,1-13H2,(H,18,19). The first kappa shape index (κ1) is 14.8. The van der Waals surface area contributed by atoms with Crippen molar-refractivity contribution in [2.24, 2.45) is 0 Å². The summed E-state index contributed by atoms with van der Waals surface area (Å²) in [6.07, 6.45) is 9.07. The first-order valence-electron chi connectivity index (χ1n) is 7.94. The Labute approximate surface area is 116 Å². The number of hydrogen-bond acceptors (Lipinski definition) is 3. The molecular formula is C15H28N2O2. The van der Waals surface area contributed by atoms with Crippen LogP contribution in [-0.2, 0) is 4.79 Å². The molecule has 1 aliphatic heterocycles. The van der Waals surface area contributed by atoms with Gasteiger partial charge in [0.05, 0.1) is 0 Å². The van der Waals surface area contributed by atoms with Gasteiger partial charge < -0.3 is 10.0 Å². The van der Waals surface area contributed by atoms with Gasteiger partial charge in [0, 0.05) is 25.6 Å². The van der Waals surface area contributed by atoms with Gasteiger partial charge in [0.2, 0.25) is 0 Å². The van der Waals surface area contributed by atoms with Crippen molar-refractivity contribution in [2.75, 3.05) is 32.7 Å². The molecule has 4 nitrogen and oxygen atoms in total. The van der Waals surface area contributed by atoms with Gasteiger partial charge in [-0.25, -0.2) is 0 Å². The molecule has 110 valence electrons. The fraction of sp³-hybridized carbons (Fsp3) is 0.933. The minimum atomic E-state index is -0.664. The molecule has 0 aromatic heterocycles. The zero-order chi connectivity index (χ0) is 13.5. The second kappa shape index (κ2) is 7.85. The topological polar surface area (TPSA) is 43.8 Å². The molecule has 0 aromatic carbocycles. The third kappa shape index (κ3) is 5.11. The van der Waals surface area contributed by atoms with Crippen LogP contribution in [0.1, 0.15) is 51.4 Å². The normalized spacial score (nSPS) is 23.6. The summed E-state index contributed by atoms with van der Waals surface area (Å²) >= 11 is 0. The number of carbonyl (C=O) groups is 1. The monoisotopic (exact) mass is 268 g/mol. The minimum Gasteiger partial charge on any atom is -0.481 e. The molecular weight excluding hydrogens is 240 g/mol. The predicted octanol–water partition coefficient (Wildman–Crippen LogP) is 2.19. The lowest BCUT2D eigenvalue weighted by Crippen LogP contribution is -2.37. The highest BCUT2D eigenvalue weighted by Crippen LogP contribution is 2.24. The van der Waals surface area contributed by atoms with Gasteiger partial charge in [0.15, 0.2) is 0 Å². The largest absolute Gasteiger partial charge is 0.481 e. The smallest absolute Gasteiger partial charge is 0.303 e. The van der Waals surface area contributed by atoms with Gasteiger partial charge in [-0.05, 0) is 51.7 Å². The van der Waals surface area contributed by atoms with Gasteiger partial charge in [0.25, 0.3) is 0 Å². The van der Waals surface area contributed by atoms with Gasteiger partial charge in [-0.1, -0.05) is 12.8 Å². The molecule has 1 aliphatic carbocycles. The maximum absolute atomic E-state index is 10.5. The summed E-state index contributed by atoms with van der Waals surface area (Å²) in [5.74, 6) is -0.664. The van der Waals surface area contributed by atoms with Crippen LogP contribution in [0, 0.1) is 0 Å². The highest BCUT2D eigenvalue weighted by Gasteiger charge is 2.24. The molecule has 4 heteroatoms. The van der Waals surface area contributed by atoms with Crippen molar-refractivity contribution in [3.8, 4) is 0 Å². The zero-order valence-electron chi connectivity index (χ0n) is 12.0. The molecule has 2 rings (SSSR count). The van der Waals surface area contributed by atoms with E-state index in [1.165, 1.54) is 58.3 Å². The van der Waals surface area contributed by atoms with E-state index in [0.29, 0.717) is 6.42 Å². The molecule has 0 bridgehead atoms. The molecule has 0 amide bonds. The van der Waals surface area contributed by atoms with Crippen LogP contribution in [0.15, 0.2) is 0 Å². The SMILES string of the molecule is O=C(O)CCCCN1CCCN(C2CCCC2)CC1. The molecule has 0 unspecified atom stereocenters. The number of nitrogens with zero attached hydrogens (tertiary/aromatic N) is 2. The van der Waals surface area contributed by atoms with Gasteiger partial charge in [-0.3, -0.25) is 9.69 Å². The highest BCUT2D eigenvalue weighted by atomic mass is 16.4. The maximum atomic E-state index is 10.5. The average molecular weight is 268 g/mol. The maximum Gasteiger partial charge on any atom is 0.303 e. The van der Waals surface area contributed by atoms with Crippen molar-refractivity contribution in [1.82, 2.24) is 9.80 Å². The Hall–Kier alpha value is -0.610. The van der Waals surface area contributed by atoms with Gasteiger partial charge >= 0.3 is 5.97 Å². The number of aliphatic carboxylic acids is 1. The van der Waals surface area contributed by atoms with Crippen LogP contribution in [0.2, 0.25) is 0 Å². The van der Waals surface area contributed by atoms with Crippen molar-refractivity contribution < 1.29 is 9.90 Å². The molecule has 0 atom stereocenters. The van der Waals surface area contributed by atoms with E-state index in [4.69, 9.17) is 5.11 Å². The molecule has 0 radical (unpaired) electrons. The molecule has 2 aliphatic rings. The molecule has 1 saturated heterocycles. The van der Waals surface area contributed by atoms with Crippen molar-refractivity contribution in [1.29, 1.82) is 0 Å². The average Bonchev–Trinajstić information content (AvgIpc) is 2.81. The van der Waals surface area contributed by atoms with E-state index in [2.05, 4.69) is 9.80 Å². The molecule has 0 aromatic rings. The number of unbranched alkanes of at least 4 members (excludes halogenated alkanes) is 1. The Bertz CT molecular complexity index is 277. The summed E-state index contributed by atoms with van der Waals surface area (Å²) in [5.41, 5.74) is 0. The lowest BCUT2D eigenvalue weighted by Gasteiger charge is -2.27. The second-order valence-electron chi connectivity index (χ2n) is 6.02. The Kier molecular flexibility index (Phi) is 6.11. The summed E-state index contributed by atoms with van der Waals surface area (Å²) in [6.45, 7) is 5.91. The number of carboxylic acids is 1. The van der Waals surface area contributed by atoms with E-state index in [1.54, 1.807) is 0 Å². The molecule has 19 heavy (non-hydrogen) atoms. The number of carboxylic acid groups (broad SMARTS) is 1. The van der Waals surface area contributed by atoms with Crippen molar-refractivity contribution in [3.63, 3.8) is 0 Å². The fourth-order valence-corrected chi connectivity index (χ4v) is 3.46. The van der Waals surface area contributed by atoms with Crippen LogP contribution < -0.4 is 0 Å². The van der Waals surface area contributed by atoms with Gasteiger partial charge in [-0.15, -0.1) is 0 Å². The Balaban J connectivity index is 1.63. The molecule has 1 N–H and O–H groups in total. The summed E-state index contributed by atoms with van der Waals surface area (Å²) in [7, 11) is 0.